The number of methoxy groups -OCH3 is 1. The number of rotatable bonds is 6. The summed E-state index contributed by atoms with van der Waals surface area (Å²) in [4.78, 5) is 24.6. The van der Waals surface area contributed by atoms with E-state index in [0.29, 0.717) is 5.56 Å². The number of hydrogen-bond acceptors (Lipinski definition) is 4. The van der Waals surface area contributed by atoms with Gasteiger partial charge in [0.15, 0.2) is 12.4 Å². The molecular formula is C24H20O4. The lowest BCUT2D eigenvalue weighted by Crippen LogP contribution is -2.15. The summed E-state index contributed by atoms with van der Waals surface area (Å²) in [5.74, 6) is 0.103. The Hall–Kier alpha value is -3.40. The minimum Gasteiger partial charge on any atom is -0.497 e. The third-order valence-corrected chi connectivity index (χ3v) is 4.99. The van der Waals surface area contributed by atoms with Gasteiger partial charge < -0.3 is 9.47 Å². The molecule has 0 unspecified atom stereocenters. The van der Waals surface area contributed by atoms with E-state index in [0.717, 1.165) is 23.3 Å². The van der Waals surface area contributed by atoms with Crippen LogP contribution in [0, 0.1) is 0 Å². The van der Waals surface area contributed by atoms with Crippen LogP contribution in [0.1, 0.15) is 27.0 Å². The maximum atomic E-state index is 12.5. The van der Waals surface area contributed by atoms with Crippen molar-refractivity contribution in [1.29, 1.82) is 0 Å². The Morgan fingerprint density at radius 2 is 1.64 bits per heavy atom. The average molecular weight is 372 g/mol. The summed E-state index contributed by atoms with van der Waals surface area (Å²) in [7, 11) is 1.59. The molecule has 0 N–H and O–H groups in total. The van der Waals surface area contributed by atoms with Gasteiger partial charge in [0, 0.05) is 5.56 Å². The number of Topliss-reactive ketones (excluding diaryl/α,β-unsaturated/α-hetero) is 1. The second-order valence-corrected chi connectivity index (χ2v) is 6.81. The maximum absolute atomic E-state index is 12.5. The number of esters is 1. The van der Waals surface area contributed by atoms with Gasteiger partial charge in [-0.1, -0.05) is 48.5 Å². The Balaban J connectivity index is 1.39. The van der Waals surface area contributed by atoms with Gasteiger partial charge in [-0.15, -0.1) is 0 Å². The standard InChI is InChI=1S/C24H20O4/c1-27-20-10-6-16(7-11-20)12-24(26)28-15-23(25)19-9-8-18-13-17-4-2-3-5-21(17)22(18)14-19/h2-11,14H,12-13,15H2,1H3. The Kier molecular flexibility index (Phi) is 4.94. The predicted molar refractivity (Wildman–Crippen MR) is 107 cm³/mol. The maximum Gasteiger partial charge on any atom is 0.310 e. The fourth-order valence-electron chi connectivity index (χ4n) is 3.49. The molecule has 0 aromatic heterocycles. The molecule has 0 spiro atoms. The normalized spacial score (nSPS) is 11.5. The van der Waals surface area contributed by atoms with Crippen molar-refractivity contribution in [2.45, 2.75) is 12.8 Å². The minimum absolute atomic E-state index is 0.120. The molecule has 3 aromatic carbocycles. The molecule has 0 bridgehead atoms. The lowest BCUT2D eigenvalue weighted by atomic mass is 10.0. The Labute approximate surface area is 163 Å². The van der Waals surface area contributed by atoms with Crippen LogP contribution in [0.25, 0.3) is 11.1 Å². The number of carbonyl (C=O) groups excluding carboxylic acids is 2. The monoisotopic (exact) mass is 372 g/mol. The molecule has 0 fully saturated rings. The molecular weight excluding hydrogens is 352 g/mol. The van der Waals surface area contributed by atoms with Crippen molar-refractivity contribution in [1.82, 2.24) is 0 Å². The highest BCUT2D eigenvalue weighted by Gasteiger charge is 2.20. The molecule has 0 amide bonds. The Bertz CT molecular complexity index is 1030. The summed E-state index contributed by atoms with van der Waals surface area (Å²) in [5, 5.41) is 0. The van der Waals surface area contributed by atoms with E-state index >= 15 is 0 Å². The zero-order chi connectivity index (χ0) is 19.5. The van der Waals surface area contributed by atoms with Gasteiger partial charge in [0.25, 0.3) is 0 Å². The zero-order valence-corrected chi connectivity index (χ0v) is 15.6. The molecule has 4 rings (SSSR count). The highest BCUT2D eigenvalue weighted by atomic mass is 16.5. The van der Waals surface area contributed by atoms with Crippen LogP contribution in [-0.4, -0.2) is 25.5 Å². The van der Waals surface area contributed by atoms with Crippen LogP contribution in [0.15, 0.2) is 66.7 Å². The van der Waals surface area contributed by atoms with Gasteiger partial charge in [-0.05, 0) is 52.4 Å². The lowest BCUT2D eigenvalue weighted by Gasteiger charge is -2.07. The molecule has 0 saturated heterocycles. The Morgan fingerprint density at radius 1 is 0.893 bits per heavy atom. The summed E-state index contributed by atoms with van der Waals surface area (Å²) in [5.41, 5.74) is 6.12. The molecule has 28 heavy (non-hydrogen) atoms. The third-order valence-electron chi connectivity index (χ3n) is 4.99. The van der Waals surface area contributed by atoms with E-state index < -0.39 is 5.97 Å². The van der Waals surface area contributed by atoms with Crippen molar-refractivity contribution in [3.8, 4) is 16.9 Å². The van der Waals surface area contributed by atoms with Gasteiger partial charge in [0.05, 0.1) is 13.5 Å². The van der Waals surface area contributed by atoms with Gasteiger partial charge in [-0.3, -0.25) is 9.59 Å². The molecule has 1 aliphatic rings. The second-order valence-electron chi connectivity index (χ2n) is 6.81. The van der Waals surface area contributed by atoms with Gasteiger partial charge in [0.2, 0.25) is 0 Å². The molecule has 3 aromatic rings. The van der Waals surface area contributed by atoms with Crippen molar-refractivity contribution in [2.75, 3.05) is 13.7 Å². The van der Waals surface area contributed by atoms with E-state index in [1.54, 1.807) is 31.4 Å². The summed E-state index contributed by atoms with van der Waals surface area (Å²) in [6, 6.07) is 21.1. The largest absolute Gasteiger partial charge is 0.497 e. The zero-order valence-electron chi connectivity index (χ0n) is 15.6. The van der Waals surface area contributed by atoms with Gasteiger partial charge in [-0.25, -0.2) is 0 Å². The summed E-state index contributed by atoms with van der Waals surface area (Å²) in [6.07, 6.45) is 1.01. The first-order valence-corrected chi connectivity index (χ1v) is 9.17. The first-order valence-electron chi connectivity index (χ1n) is 9.17. The van der Waals surface area contributed by atoms with Crippen molar-refractivity contribution < 1.29 is 19.1 Å². The van der Waals surface area contributed by atoms with E-state index in [1.165, 1.54) is 16.7 Å². The molecule has 140 valence electrons. The topological polar surface area (TPSA) is 52.6 Å². The van der Waals surface area contributed by atoms with Crippen LogP contribution in [0.2, 0.25) is 0 Å². The van der Waals surface area contributed by atoms with Crippen molar-refractivity contribution in [2.24, 2.45) is 0 Å². The SMILES string of the molecule is COc1ccc(CC(=O)OCC(=O)c2ccc3c(c2)-c2ccccc2C3)cc1. The first kappa shape index (κ1) is 18.0. The van der Waals surface area contributed by atoms with E-state index in [2.05, 4.69) is 12.1 Å². The molecule has 4 heteroatoms. The third kappa shape index (κ3) is 3.67. The highest BCUT2D eigenvalue weighted by Crippen LogP contribution is 2.36. The van der Waals surface area contributed by atoms with Gasteiger partial charge in [0.1, 0.15) is 5.75 Å². The average Bonchev–Trinajstić information content (AvgIpc) is 3.10. The molecule has 0 saturated carbocycles. The van der Waals surface area contributed by atoms with Gasteiger partial charge in [-0.2, -0.15) is 0 Å². The molecule has 0 aliphatic heterocycles. The fourth-order valence-corrected chi connectivity index (χ4v) is 3.49. The number of ether oxygens (including phenoxy) is 2. The van der Waals surface area contributed by atoms with Crippen molar-refractivity contribution >= 4 is 11.8 Å². The van der Waals surface area contributed by atoms with E-state index in [-0.39, 0.29) is 18.8 Å². The second kappa shape index (κ2) is 7.69. The smallest absolute Gasteiger partial charge is 0.310 e. The number of carbonyl (C=O) groups is 2. The van der Waals surface area contributed by atoms with Crippen LogP contribution in [0.4, 0.5) is 0 Å². The summed E-state index contributed by atoms with van der Waals surface area (Å²) in [6.45, 7) is -0.255. The van der Waals surface area contributed by atoms with E-state index in [4.69, 9.17) is 9.47 Å². The highest BCUT2D eigenvalue weighted by molar-refractivity contribution is 5.99. The number of benzene rings is 3. The molecule has 1 aliphatic carbocycles. The van der Waals surface area contributed by atoms with E-state index in [9.17, 15) is 9.59 Å². The van der Waals surface area contributed by atoms with Crippen LogP contribution in [0.3, 0.4) is 0 Å². The molecule has 0 atom stereocenters. The van der Waals surface area contributed by atoms with Crippen LogP contribution < -0.4 is 4.74 Å². The van der Waals surface area contributed by atoms with E-state index in [1.807, 2.05) is 30.3 Å². The molecule has 0 heterocycles. The number of fused-ring (bicyclic) bond motifs is 3. The molecule has 0 radical (unpaired) electrons. The summed E-state index contributed by atoms with van der Waals surface area (Å²) >= 11 is 0. The van der Waals surface area contributed by atoms with Crippen LogP contribution in [-0.2, 0) is 22.4 Å². The minimum atomic E-state index is -0.426. The first-order chi connectivity index (χ1) is 13.6. The summed E-state index contributed by atoms with van der Waals surface area (Å²) < 4.78 is 10.3. The quantitative estimate of drug-likeness (QED) is 0.375. The fraction of sp³-hybridized carbons (Fsp3) is 0.167. The predicted octanol–water partition coefficient (Wildman–Crippen LogP) is 4.24. The van der Waals surface area contributed by atoms with Crippen LogP contribution >= 0.6 is 0 Å². The van der Waals surface area contributed by atoms with Crippen LogP contribution in [0.5, 0.6) is 5.75 Å². The van der Waals surface area contributed by atoms with Crippen molar-refractivity contribution in [3.05, 3.63) is 89.0 Å². The lowest BCUT2D eigenvalue weighted by molar-refractivity contribution is -0.141. The van der Waals surface area contributed by atoms with Gasteiger partial charge >= 0.3 is 5.97 Å². The van der Waals surface area contributed by atoms with Crippen molar-refractivity contribution in [3.63, 3.8) is 0 Å². The number of hydrogen-bond donors (Lipinski definition) is 0. The Morgan fingerprint density at radius 3 is 2.43 bits per heavy atom. The molecule has 4 nitrogen and oxygen atoms in total. The number of ketones is 1.